The first-order valence-electron chi connectivity index (χ1n) is 6.70. The number of anilines is 1. The molecule has 0 aliphatic heterocycles. The van der Waals surface area contributed by atoms with Gasteiger partial charge in [0.15, 0.2) is 11.6 Å². The van der Waals surface area contributed by atoms with E-state index in [4.69, 9.17) is 4.74 Å². The summed E-state index contributed by atoms with van der Waals surface area (Å²) in [6.45, 7) is 2.68. The number of aromatic nitrogens is 1. The minimum Gasteiger partial charge on any atom is -0.490 e. The van der Waals surface area contributed by atoms with Crippen LogP contribution in [0.15, 0.2) is 18.3 Å². The minimum absolute atomic E-state index is 0.544. The highest BCUT2D eigenvalue weighted by molar-refractivity contribution is 7.99. The Hall–Kier alpha value is -0.900. The summed E-state index contributed by atoms with van der Waals surface area (Å²) in [6.07, 6.45) is 9.09. The van der Waals surface area contributed by atoms with Gasteiger partial charge in [-0.05, 0) is 51.0 Å². The molecule has 100 valence electrons. The van der Waals surface area contributed by atoms with Crippen LogP contribution in [0.25, 0.3) is 0 Å². The molecule has 1 N–H and O–H groups in total. The van der Waals surface area contributed by atoms with E-state index in [0.29, 0.717) is 12.6 Å². The second-order valence-corrected chi connectivity index (χ2v) is 5.77. The fourth-order valence-corrected chi connectivity index (χ4v) is 3.15. The van der Waals surface area contributed by atoms with Gasteiger partial charge in [0.25, 0.3) is 0 Å². The quantitative estimate of drug-likeness (QED) is 0.883. The van der Waals surface area contributed by atoms with Crippen molar-refractivity contribution in [3.05, 3.63) is 18.3 Å². The molecule has 3 nitrogen and oxygen atoms in total. The molecule has 1 heterocycles. The van der Waals surface area contributed by atoms with Crippen molar-refractivity contribution in [1.82, 2.24) is 4.98 Å². The molecule has 0 aromatic carbocycles. The number of nitrogens with one attached hydrogen (secondary N) is 1. The van der Waals surface area contributed by atoms with E-state index in [0.717, 1.165) is 16.8 Å². The van der Waals surface area contributed by atoms with E-state index in [1.807, 2.05) is 37.0 Å². The van der Waals surface area contributed by atoms with Gasteiger partial charge in [0.1, 0.15) is 0 Å². The maximum Gasteiger partial charge on any atom is 0.168 e. The standard InChI is InChI=1S/C14H22N2OS/c1-3-17-13-5-4-10-15-14(13)16-11-6-8-12(18-2)9-7-11/h4-5,10-12H,3,6-9H2,1-2H3,(H,15,16). The van der Waals surface area contributed by atoms with Crippen LogP contribution < -0.4 is 10.1 Å². The molecule has 0 unspecified atom stereocenters. The summed E-state index contributed by atoms with van der Waals surface area (Å²) in [7, 11) is 0. The Balaban J connectivity index is 1.93. The van der Waals surface area contributed by atoms with Crippen molar-refractivity contribution in [2.24, 2.45) is 0 Å². The largest absolute Gasteiger partial charge is 0.490 e. The molecule has 0 atom stereocenters. The van der Waals surface area contributed by atoms with Gasteiger partial charge in [-0.15, -0.1) is 0 Å². The summed E-state index contributed by atoms with van der Waals surface area (Å²) in [4.78, 5) is 4.39. The van der Waals surface area contributed by atoms with Gasteiger partial charge in [0.05, 0.1) is 6.61 Å². The van der Waals surface area contributed by atoms with E-state index >= 15 is 0 Å². The Kier molecular flexibility index (Phi) is 5.17. The lowest BCUT2D eigenvalue weighted by Crippen LogP contribution is -2.27. The summed E-state index contributed by atoms with van der Waals surface area (Å²) >= 11 is 2.00. The third-order valence-corrected chi connectivity index (χ3v) is 4.56. The zero-order valence-electron chi connectivity index (χ0n) is 11.2. The van der Waals surface area contributed by atoms with Crippen LogP contribution in [-0.2, 0) is 0 Å². The molecule has 0 amide bonds. The van der Waals surface area contributed by atoms with Crippen LogP contribution in [0.5, 0.6) is 5.75 Å². The van der Waals surface area contributed by atoms with E-state index in [1.165, 1.54) is 25.7 Å². The van der Waals surface area contributed by atoms with Gasteiger partial charge >= 0.3 is 0 Å². The monoisotopic (exact) mass is 266 g/mol. The van der Waals surface area contributed by atoms with Crippen molar-refractivity contribution in [1.29, 1.82) is 0 Å². The first kappa shape index (κ1) is 13.5. The topological polar surface area (TPSA) is 34.1 Å². The van der Waals surface area contributed by atoms with E-state index < -0.39 is 0 Å². The second kappa shape index (κ2) is 6.88. The number of hydrogen-bond donors (Lipinski definition) is 1. The molecule has 18 heavy (non-hydrogen) atoms. The van der Waals surface area contributed by atoms with Gasteiger partial charge in [-0.3, -0.25) is 0 Å². The highest BCUT2D eigenvalue weighted by Crippen LogP contribution is 2.30. The Morgan fingerprint density at radius 2 is 2.17 bits per heavy atom. The highest BCUT2D eigenvalue weighted by Gasteiger charge is 2.21. The van der Waals surface area contributed by atoms with Gasteiger partial charge < -0.3 is 10.1 Å². The summed E-state index contributed by atoms with van der Waals surface area (Å²) in [5, 5.41) is 4.38. The number of nitrogens with zero attached hydrogens (tertiary/aromatic N) is 1. The molecule has 1 fully saturated rings. The number of rotatable bonds is 5. The predicted octanol–water partition coefficient (Wildman–Crippen LogP) is 3.57. The molecule has 0 saturated heterocycles. The van der Waals surface area contributed by atoms with Crippen LogP contribution in [0.3, 0.4) is 0 Å². The van der Waals surface area contributed by atoms with Crippen molar-refractivity contribution >= 4 is 17.6 Å². The van der Waals surface area contributed by atoms with Gasteiger partial charge in [-0.2, -0.15) is 11.8 Å². The smallest absolute Gasteiger partial charge is 0.168 e. The van der Waals surface area contributed by atoms with Crippen LogP contribution >= 0.6 is 11.8 Å². The van der Waals surface area contributed by atoms with Crippen molar-refractivity contribution in [2.45, 2.75) is 43.9 Å². The molecule has 0 spiro atoms. The Morgan fingerprint density at radius 1 is 1.39 bits per heavy atom. The summed E-state index contributed by atoms with van der Waals surface area (Å²) in [6, 6.07) is 4.44. The molecule has 1 aromatic heterocycles. The van der Waals surface area contributed by atoms with Crippen LogP contribution in [0.1, 0.15) is 32.6 Å². The molecular weight excluding hydrogens is 244 g/mol. The Bertz CT molecular complexity index is 365. The number of hydrogen-bond acceptors (Lipinski definition) is 4. The number of ether oxygens (including phenoxy) is 1. The summed E-state index contributed by atoms with van der Waals surface area (Å²) in [5.41, 5.74) is 0. The average molecular weight is 266 g/mol. The van der Waals surface area contributed by atoms with Gasteiger partial charge in [-0.1, -0.05) is 0 Å². The molecule has 4 heteroatoms. The van der Waals surface area contributed by atoms with Gasteiger partial charge in [0, 0.05) is 17.5 Å². The zero-order valence-corrected chi connectivity index (χ0v) is 12.0. The molecular formula is C14H22N2OS. The maximum absolute atomic E-state index is 5.59. The SMILES string of the molecule is CCOc1cccnc1NC1CCC(SC)CC1. The van der Waals surface area contributed by atoms with E-state index in [2.05, 4.69) is 16.6 Å². The van der Waals surface area contributed by atoms with Crippen molar-refractivity contribution in [2.75, 3.05) is 18.2 Å². The van der Waals surface area contributed by atoms with E-state index in [9.17, 15) is 0 Å². The van der Waals surface area contributed by atoms with Crippen LogP contribution in [0.2, 0.25) is 0 Å². The molecule has 1 aliphatic carbocycles. The van der Waals surface area contributed by atoms with Crippen LogP contribution in [0, 0.1) is 0 Å². The molecule has 0 radical (unpaired) electrons. The molecule has 0 bridgehead atoms. The molecule has 1 saturated carbocycles. The highest BCUT2D eigenvalue weighted by atomic mass is 32.2. The molecule has 1 aromatic rings. The van der Waals surface area contributed by atoms with Crippen molar-refractivity contribution in [3.8, 4) is 5.75 Å². The van der Waals surface area contributed by atoms with E-state index in [1.54, 1.807) is 0 Å². The van der Waals surface area contributed by atoms with E-state index in [-0.39, 0.29) is 0 Å². The molecule has 2 rings (SSSR count). The lowest BCUT2D eigenvalue weighted by molar-refractivity contribution is 0.339. The Morgan fingerprint density at radius 3 is 2.83 bits per heavy atom. The van der Waals surface area contributed by atoms with Gasteiger partial charge in [0.2, 0.25) is 0 Å². The lowest BCUT2D eigenvalue weighted by Gasteiger charge is -2.28. The predicted molar refractivity (Wildman–Crippen MR) is 78.6 cm³/mol. The van der Waals surface area contributed by atoms with Crippen molar-refractivity contribution < 1.29 is 4.74 Å². The zero-order chi connectivity index (χ0) is 12.8. The first-order valence-corrected chi connectivity index (χ1v) is 7.99. The van der Waals surface area contributed by atoms with Crippen LogP contribution in [0.4, 0.5) is 5.82 Å². The third kappa shape index (κ3) is 3.55. The maximum atomic E-state index is 5.59. The minimum atomic E-state index is 0.544. The normalized spacial score (nSPS) is 23.7. The fraction of sp³-hybridized carbons (Fsp3) is 0.643. The van der Waals surface area contributed by atoms with Crippen LogP contribution in [-0.4, -0.2) is 29.1 Å². The third-order valence-electron chi connectivity index (χ3n) is 3.42. The average Bonchev–Trinajstić information content (AvgIpc) is 2.42. The number of pyridine rings is 1. The van der Waals surface area contributed by atoms with Gasteiger partial charge in [-0.25, -0.2) is 4.98 Å². The van der Waals surface area contributed by atoms with Crippen molar-refractivity contribution in [3.63, 3.8) is 0 Å². The fourth-order valence-electron chi connectivity index (χ4n) is 2.41. The summed E-state index contributed by atoms with van der Waals surface area (Å²) in [5.74, 6) is 1.76. The first-order chi connectivity index (χ1) is 8.83. The lowest BCUT2D eigenvalue weighted by atomic mass is 9.95. The number of thioether (sulfide) groups is 1. The second-order valence-electron chi connectivity index (χ2n) is 4.64. The summed E-state index contributed by atoms with van der Waals surface area (Å²) < 4.78 is 5.59. The Labute approximate surface area is 114 Å². The molecule has 1 aliphatic rings.